The molecule has 1 aliphatic heterocycles. The van der Waals surface area contributed by atoms with Crippen molar-refractivity contribution < 1.29 is 32.5 Å². The number of ether oxygens (including phenoxy) is 2. The second-order valence-corrected chi connectivity index (χ2v) is 7.76. The average molecular weight is 452 g/mol. The molecule has 0 bridgehead atoms. The Morgan fingerprint density at radius 3 is 2.34 bits per heavy atom. The van der Waals surface area contributed by atoms with E-state index in [0.29, 0.717) is 56.1 Å². The van der Waals surface area contributed by atoms with Crippen molar-refractivity contribution in [1.29, 1.82) is 0 Å². The third kappa shape index (κ3) is 6.94. The molecule has 2 aromatic carbocycles. The summed E-state index contributed by atoms with van der Waals surface area (Å²) in [5.74, 6) is 0.117. The zero-order chi connectivity index (χ0) is 23.1. The molecule has 32 heavy (non-hydrogen) atoms. The fraction of sp³-hybridized carbons (Fsp3) is 0.435. The number of benzene rings is 2. The highest BCUT2D eigenvalue weighted by atomic mass is 19.4. The number of halogens is 3. The molecule has 1 aliphatic rings. The molecule has 1 saturated heterocycles. The summed E-state index contributed by atoms with van der Waals surface area (Å²) in [6.07, 6.45) is -5.03. The van der Waals surface area contributed by atoms with Crippen LogP contribution in [0.1, 0.15) is 21.5 Å². The van der Waals surface area contributed by atoms with Crippen LogP contribution in [0.4, 0.5) is 13.2 Å². The van der Waals surface area contributed by atoms with Gasteiger partial charge in [0.05, 0.1) is 18.2 Å². The Labute approximate surface area is 185 Å². The SMILES string of the molecule is COC(=O)c1ccc(OCC(O)CN2CCN(Cc3cccc(C(F)(F)F)c3)CC2)cc1. The van der Waals surface area contributed by atoms with Crippen molar-refractivity contribution in [2.45, 2.75) is 18.8 Å². The van der Waals surface area contributed by atoms with Gasteiger partial charge in [0.2, 0.25) is 0 Å². The average Bonchev–Trinajstić information content (AvgIpc) is 2.78. The molecular weight excluding hydrogens is 425 g/mol. The molecule has 1 atom stereocenters. The molecule has 1 unspecified atom stereocenters. The zero-order valence-corrected chi connectivity index (χ0v) is 17.8. The lowest BCUT2D eigenvalue weighted by molar-refractivity contribution is -0.137. The van der Waals surface area contributed by atoms with Crippen LogP contribution in [-0.2, 0) is 17.5 Å². The predicted molar refractivity (Wildman–Crippen MR) is 112 cm³/mol. The summed E-state index contributed by atoms with van der Waals surface area (Å²) in [7, 11) is 1.31. The maximum Gasteiger partial charge on any atom is 0.416 e. The van der Waals surface area contributed by atoms with E-state index >= 15 is 0 Å². The van der Waals surface area contributed by atoms with Crippen molar-refractivity contribution in [3.05, 3.63) is 65.2 Å². The zero-order valence-electron chi connectivity index (χ0n) is 17.8. The first-order chi connectivity index (χ1) is 15.2. The van der Waals surface area contributed by atoms with Gasteiger partial charge in [0.15, 0.2) is 0 Å². The highest BCUT2D eigenvalue weighted by Crippen LogP contribution is 2.29. The number of hydrogen-bond acceptors (Lipinski definition) is 6. The van der Waals surface area contributed by atoms with Crippen LogP contribution in [-0.4, -0.2) is 73.4 Å². The Hall–Kier alpha value is -2.62. The molecule has 0 aromatic heterocycles. The third-order valence-electron chi connectivity index (χ3n) is 5.31. The second-order valence-electron chi connectivity index (χ2n) is 7.76. The van der Waals surface area contributed by atoms with E-state index in [1.807, 2.05) is 0 Å². The van der Waals surface area contributed by atoms with Crippen LogP contribution in [0, 0.1) is 0 Å². The number of aliphatic hydroxyl groups excluding tert-OH is 1. The quantitative estimate of drug-likeness (QED) is 0.622. The maximum atomic E-state index is 12.9. The monoisotopic (exact) mass is 452 g/mol. The number of piperazine rings is 1. The molecule has 1 fully saturated rings. The first kappa shape index (κ1) is 24.0. The Balaban J connectivity index is 1.39. The normalized spacial score (nSPS) is 16.5. The summed E-state index contributed by atoms with van der Waals surface area (Å²) in [4.78, 5) is 15.7. The van der Waals surface area contributed by atoms with Crippen molar-refractivity contribution in [3.8, 4) is 5.75 Å². The number of carbonyl (C=O) groups is 1. The van der Waals surface area contributed by atoms with E-state index in [9.17, 15) is 23.1 Å². The molecule has 0 saturated carbocycles. The molecule has 0 aliphatic carbocycles. The Morgan fingerprint density at radius 2 is 1.72 bits per heavy atom. The first-order valence-electron chi connectivity index (χ1n) is 10.3. The Bertz CT molecular complexity index is 882. The van der Waals surface area contributed by atoms with Crippen LogP contribution in [0.3, 0.4) is 0 Å². The standard InChI is InChI=1S/C23H27F3N2O4/c1-31-22(30)18-5-7-21(8-6-18)32-16-20(29)15-28-11-9-27(10-12-28)14-17-3-2-4-19(13-17)23(24,25)26/h2-8,13,20,29H,9-12,14-16H2,1H3. The van der Waals surface area contributed by atoms with Gasteiger partial charge in [-0.3, -0.25) is 9.80 Å². The lowest BCUT2D eigenvalue weighted by Crippen LogP contribution is -2.48. The van der Waals surface area contributed by atoms with E-state index in [2.05, 4.69) is 14.5 Å². The molecule has 174 valence electrons. The number of β-amino-alcohol motifs (C(OH)–C–C–N with tert-alkyl or cyclic N) is 1. The van der Waals surface area contributed by atoms with Gasteiger partial charge in [0, 0.05) is 39.3 Å². The van der Waals surface area contributed by atoms with Gasteiger partial charge in [-0.25, -0.2) is 4.79 Å². The van der Waals surface area contributed by atoms with Gasteiger partial charge in [0.1, 0.15) is 18.5 Å². The number of nitrogens with zero attached hydrogens (tertiary/aromatic N) is 2. The van der Waals surface area contributed by atoms with Crippen LogP contribution in [0.2, 0.25) is 0 Å². The van der Waals surface area contributed by atoms with Crippen molar-refractivity contribution in [3.63, 3.8) is 0 Å². The highest BCUT2D eigenvalue weighted by Gasteiger charge is 2.30. The van der Waals surface area contributed by atoms with Gasteiger partial charge < -0.3 is 14.6 Å². The number of rotatable bonds is 8. The van der Waals surface area contributed by atoms with Gasteiger partial charge in [-0.2, -0.15) is 13.2 Å². The lowest BCUT2D eigenvalue weighted by atomic mass is 10.1. The topological polar surface area (TPSA) is 62.2 Å². The molecule has 0 spiro atoms. The van der Waals surface area contributed by atoms with Crippen molar-refractivity contribution in [2.75, 3.05) is 46.4 Å². The lowest BCUT2D eigenvalue weighted by Gasteiger charge is -2.35. The minimum atomic E-state index is -4.34. The molecule has 3 rings (SSSR count). The molecule has 2 aromatic rings. The fourth-order valence-electron chi connectivity index (χ4n) is 3.58. The summed E-state index contributed by atoms with van der Waals surface area (Å²) in [6, 6.07) is 11.9. The van der Waals surface area contributed by atoms with Gasteiger partial charge >= 0.3 is 12.1 Å². The molecule has 1 heterocycles. The fourth-order valence-corrected chi connectivity index (χ4v) is 3.58. The van der Waals surface area contributed by atoms with Gasteiger partial charge in [0.25, 0.3) is 0 Å². The molecule has 6 nitrogen and oxygen atoms in total. The third-order valence-corrected chi connectivity index (χ3v) is 5.31. The van der Waals surface area contributed by atoms with E-state index in [1.165, 1.54) is 19.2 Å². The van der Waals surface area contributed by atoms with Crippen LogP contribution in [0.15, 0.2) is 48.5 Å². The summed E-state index contributed by atoms with van der Waals surface area (Å²) in [5, 5.41) is 10.3. The Kier molecular flexibility index (Phi) is 8.11. The number of alkyl halides is 3. The number of esters is 1. The van der Waals surface area contributed by atoms with Crippen LogP contribution in [0.25, 0.3) is 0 Å². The van der Waals surface area contributed by atoms with E-state index in [4.69, 9.17) is 4.74 Å². The predicted octanol–water partition coefficient (Wildman–Crippen LogP) is 3.05. The smallest absolute Gasteiger partial charge is 0.416 e. The van der Waals surface area contributed by atoms with Crippen LogP contribution < -0.4 is 4.74 Å². The minimum absolute atomic E-state index is 0.113. The van der Waals surface area contributed by atoms with Gasteiger partial charge in [-0.05, 0) is 35.9 Å². The van der Waals surface area contributed by atoms with E-state index in [-0.39, 0.29) is 6.61 Å². The summed E-state index contributed by atoms with van der Waals surface area (Å²) >= 11 is 0. The number of hydrogen-bond donors (Lipinski definition) is 1. The van der Waals surface area contributed by atoms with Crippen LogP contribution >= 0.6 is 0 Å². The maximum absolute atomic E-state index is 12.9. The largest absolute Gasteiger partial charge is 0.491 e. The number of methoxy groups -OCH3 is 1. The number of aliphatic hydroxyl groups is 1. The van der Waals surface area contributed by atoms with Gasteiger partial charge in [-0.15, -0.1) is 0 Å². The second kappa shape index (κ2) is 10.8. The van der Waals surface area contributed by atoms with Crippen molar-refractivity contribution in [1.82, 2.24) is 9.80 Å². The van der Waals surface area contributed by atoms with Gasteiger partial charge in [-0.1, -0.05) is 18.2 Å². The Morgan fingerprint density at radius 1 is 1.06 bits per heavy atom. The van der Waals surface area contributed by atoms with E-state index in [0.717, 1.165) is 6.07 Å². The van der Waals surface area contributed by atoms with Crippen molar-refractivity contribution >= 4 is 5.97 Å². The van der Waals surface area contributed by atoms with E-state index in [1.54, 1.807) is 30.3 Å². The molecule has 1 N–H and O–H groups in total. The van der Waals surface area contributed by atoms with Crippen molar-refractivity contribution in [2.24, 2.45) is 0 Å². The van der Waals surface area contributed by atoms with Crippen LogP contribution in [0.5, 0.6) is 5.75 Å². The molecular formula is C23H27F3N2O4. The first-order valence-corrected chi connectivity index (χ1v) is 10.3. The minimum Gasteiger partial charge on any atom is -0.491 e. The summed E-state index contributed by atoms with van der Waals surface area (Å²) in [5.41, 5.74) is 0.431. The summed E-state index contributed by atoms with van der Waals surface area (Å²) < 4.78 is 48.9. The van der Waals surface area contributed by atoms with E-state index < -0.39 is 23.8 Å². The molecule has 0 amide bonds. The summed E-state index contributed by atoms with van der Waals surface area (Å²) in [6.45, 7) is 3.86. The number of carbonyl (C=O) groups excluding carboxylic acids is 1. The molecule has 9 heteroatoms. The highest BCUT2D eigenvalue weighted by molar-refractivity contribution is 5.89. The molecule has 0 radical (unpaired) electrons.